The monoisotopic (exact) mass is 255 g/mol. The first-order valence-electron chi connectivity index (χ1n) is 6.59. The van der Waals surface area contributed by atoms with Crippen LogP contribution in [0.4, 0.5) is 0 Å². The van der Waals surface area contributed by atoms with Gasteiger partial charge in [-0.05, 0) is 26.7 Å². The Kier molecular flexibility index (Phi) is 4.73. The molecule has 1 saturated heterocycles. The number of amides is 2. The van der Waals surface area contributed by atoms with Crippen molar-refractivity contribution in [1.29, 1.82) is 0 Å². The van der Waals surface area contributed by atoms with E-state index in [1.807, 2.05) is 13.8 Å². The second kappa shape index (κ2) is 5.69. The molecule has 1 unspecified atom stereocenters. The third kappa shape index (κ3) is 3.70. The van der Waals surface area contributed by atoms with E-state index >= 15 is 0 Å². The number of rotatable bonds is 5. The largest absolute Gasteiger partial charge is 0.369 e. The fourth-order valence-corrected chi connectivity index (χ4v) is 2.21. The predicted molar refractivity (Wildman–Crippen MR) is 70.8 cm³/mol. The Morgan fingerprint density at radius 2 is 2.17 bits per heavy atom. The van der Waals surface area contributed by atoms with Gasteiger partial charge >= 0.3 is 0 Å². The Balaban J connectivity index is 2.67. The fraction of sp³-hybridized carbons (Fsp3) is 0.846. The van der Waals surface area contributed by atoms with Crippen LogP contribution in [-0.2, 0) is 9.59 Å². The molecule has 0 bridgehead atoms. The summed E-state index contributed by atoms with van der Waals surface area (Å²) in [5.41, 5.74) is 4.68. The summed E-state index contributed by atoms with van der Waals surface area (Å²) in [6.45, 7) is 8.73. The first kappa shape index (κ1) is 15.0. The summed E-state index contributed by atoms with van der Waals surface area (Å²) in [4.78, 5) is 25.4. The second-order valence-electron chi connectivity index (χ2n) is 6.02. The van der Waals surface area contributed by atoms with E-state index in [4.69, 9.17) is 5.73 Å². The van der Waals surface area contributed by atoms with Gasteiger partial charge in [0.05, 0.1) is 11.5 Å². The van der Waals surface area contributed by atoms with Crippen molar-refractivity contribution >= 4 is 11.8 Å². The van der Waals surface area contributed by atoms with Crippen LogP contribution < -0.4 is 11.1 Å². The summed E-state index contributed by atoms with van der Waals surface area (Å²) in [6.07, 6.45) is 1.83. The molecule has 1 aliphatic rings. The SMILES string of the molecule is CC(C)NC1CCCN(CC(C)(C)C(N)=O)C1=O. The smallest absolute Gasteiger partial charge is 0.239 e. The topological polar surface area (TPSA) is 75.4 Å². The Hall–Kier alpha value is -1.10. The summed E-state index contributed by atoms with van der Waals surface area (Å²) in [5.74, 6) is -0.279. The third-order valence-electron chi connectivity index (χ3n) is 3.32. The molecular weight excluding hydrogens is 230 g/mol. The number of nitrogens with one attached hydrogen (secondary N) is 1. The van der Waals surface area contributed by atoms with Crippen LogP contribution in [-0.4, -0.2) is 41.9 Å². The highest BCUT2D eigenvalue weighted by molar-refractivity contribution is 5.85. The maximum atomic E-state index is 12.3. The number of piperidine rings is 1. The molecule has 5 heteroatoms. The third-order valence-corrected chi connectivity index (χ3v) is 3.32. The van der Waals surface area contributed by atoms with Crippen molar-refractivity contribution in [2.45, 2.75) is 52.6 Å². The predicted octanol–water partition coefficient (Wildman–Crippen LogP) is 0.487. The van der Waals surface area contributed by atoms with Gasteiger partial charge in [0.25, 0.3) is 0 Å². The van der Waals surface area contributed by atoms with Gasteiger partial charge in [0.15, 0.2) is 0 Å². The molecule has 0 aromatic rings. The van der Waals surface area contributed by atoms with Gasteiger partial charge in [-0.1, -0.05) is 13.8 Å². The molecule has 1 rings (SSSR count). The maximum Gasteiger partial charge on any atom is 0.239 e. The Labute approximate surface area is 109 Å². The van der Waals surface area contributed by atoms with Gasteiger partial charge in [-0.15, -0.1) is 0 Å². The van der Waals surface area contributed by atoms with E-state index in [0.717, 1.165) is 12.8 Å². The minimum Gasteiger partial charge on any atom is -0.369 e. The first-order chi connectivity index (χ1) is 8.24. The van der Waals surface area contributed by atoms with Crippen molar-refractivity contribution in [1.82, 2.24) is 10.2 Å². The molecule has 3 N–H and O–H groups in total. The molecule has 18 heavy (non-hydrogen) atoms. The van der Waals surface area contributed by atoms with Crippen molar-refractivity contribution in [3.8, 4) is 0 Å². The Bertz CT molecular complexity index is 326. The lowest BCUT2D eigenvalue weighted by Crippen LogP contribution is -2.55. The van der Waals surface area contributed by atoms with Crippen molar-refractivity contribution < 1.29 is 9.59 Å². The average molecular weight is 255 g/mol. The number of hydrogen-bond acceptors (Lipinski definition) is 3. The number of hydrogen-bond donors (Lipinski definition) is 2. The highest BCUT2D eigenvalue weighted by Crippen LogP contribution is 2.20. The van der Waals surface area contributed by atoms with Gasteiger partial charge in [-0.25, -0.2) is 0 Å². The zero-order chi connectivity index (χ0) is 13.9. The Morgan fingerprint density at radius 3 is 2.67 bits per heavy atom. The number of carbonyl (C=O) groups is 2. The van der Waals surface area contributed by atoms with Crippen LogP contribution in [0, 0.1) is 5.41 Å². The highest BCUT2D eigenvalue weighted by Gasteiger charge is 2.34. The summed E-state index contributed by atoms with van der Waals surface area (Å²) in [7, 11) is 0. The van der Waals surface area contributed by atoms with E-state index in [-0.39, 0.29) is 23.9 Å². The average Bonchev–Trinajstić information content (AvgIpc) is 2.23. The number of primary amides is 1. The lowest BCUT2D eigenvalue weighted by molar-refractivity contribution is -0.139. The number of carbonyl (C=O) groups excluding carboxylic acids is 2. The standard InChI is InChI=1S/C13H25N3O2/c1-9(2)15-10-6-5-7-16(11(10)17)8-13(3,4)12(14)18/h9-10,15H,5-8H2,1-4H3,(H2,14,18). The van der Waals surface area contributed by atoms with Crippen LogP contribution in [0.5, 0.6) is 0 Å². The normalized spacial score (nSPS) is 21.5. The molecule has 104 valence electrons. The van der Waals surface area contributed by atoms with Crippen LogP contribution in [0.1, 0.15) is 40.5 Å². The fourth-order valence-electron chi connectivity index (χ4n) is 2.21. The van der Waals surface area contributed by atoms with E-state index in [0.29, 0.717) is 13.1 Å². The number of likely N-dealkylation sites (tertiary alicyclic amines) is 1. The molecule has 2 amide bonds. The summed E-state index contributed by atoms with van der Waals surface area (Å²) >= 11 is 0. The van der Waals surface area contributed by atoms with E-state index < -0.39 is 5.41 Å². The molecule has 0 saturated carbocycles. The van der Waals surface area contributed by atoms with Gasteiger partial charge in [-0.2, -0.15) is 0 Å². The molecule has 1 atom stereocenters. The molecule has 0 spiro atoms. The minimum absolute atomic E-state index is 0.0873. The molecule has 0 aromatic heterocycles. The van der Waals surface area contributed by atoms with E-state index in [9.17, 15) is 9.59 Å². The van der Waals surface area contributed by atoms with Crippen molar-refractivity contribution in [3.05, 3.63) is 0 Å². The summed E-state index contributed by atoms with van der Waals surface area (Å²) in [6, 6.07) is 0.158. The molecular formula is C13H25N3O2. The zero-order valence-electron chi connectivity index (χ0n) is 11.8. The zero-order valence-corrected chi connectivity index (χ0v) is 11.8. The number of nitrogens with two attached hydrogens (primary N) is 1. The van der Waals surface area contributed by atoms with Crippen LogP contribution in [0.25, 0.3) is 0 Å². The number of nitrogens with zero attached hydrogens (tertiary/aromatic N) is 1. The van der Waals surface area contributed by atoms with E-state index in [2.05, 4.69) is 5.32 Å². The van der Waals surface area contributed by atoms with Gasteiger partial charge in [0.1, 0.15) is 0 Å². The van der Waals surface area contributed by atoms with Gasteiger partial charge in [-0.3, -0.25) is 9.59 Å². The van der Waals surface area contributed by atoms with Crippen molar-refractivity contribution in [2.24, 2.45) is 11.1 Å². The molecule has 1 heterocycles. The molecule has 5 nitrogen and oxygen atoms in total. The summed E-state index contributed by atoms with van der Waals surface area (Å²) in [5, 5.41) is 3.27. The van der Waals surface area contributed by atoms with Crippen LogP contribution in [0.3, 0.4) is 0 Å². The van der Waals surface area contributed by atoms with Crippen molar-refractivity contribution in [3.63, 3.8) is 0 Å². The quantitative estimate of drug-likeness (QED) is 0.750. The van der Waals surface area contributed by atoms with E-state index in [1.165, 1.54) is 0 Å². The maximum absolute atomic E-state index is 12.3. The minimum atomic E-state index is -0.671. The van der Waals surface area contributed by atoms with Crippen LogP contribution in [0.2, 0.25) is 0 Å². The molecule has 0 aromatic carbocycles. The molecule has 1 fully saturated rings. The van der Waals surface area contributed by atoms with E-state index in [1.54, 1.807) is 18.7 Å². The van der Waals surface area contributed by atoms with Gasteiger partial charge in [0.2, 0.25) is 11.8 Å². The van der Waals surface area contributed by atoms with Crippen molar-refractivity contribution in [2.75, 3.05) is 13.1 Å². The lowest BCUT2D eigenvalue weighted by Gasteiger charge is -2.37. The second-order valence-corrected chi connectivity index (χ2v) is 6.02. The van der Waals surface area contributed by atoms with Gasteiger partial charge in [0, 0.05) is 19.1 Å². The molecule has 1 aliphatic heterocycles. The molecule has 0 aliphatic carbocycles. The first-order valence-corrected chi connectivity index (χ1v) is 6.59. The molecule has 0 radical (unpaired) electrons. The lowest BCUT2D eigenvalue weighted by atomic mass is 9.90. The summed E-state index contributed by atoms with van der Waals surface area (Å²) < 4.78 is 0. The highest BCUT2D eigenvalue weighted by atomic mass is 16.2. The Morgan fingerprint density at radius 1 is 1.56 bits per heavy atom. The van der Waals surface area contributed by atoms with Gasteiger partial charge < -0.3 is 16.0 Å². The van der Waals surface area contributed by atoms with Crippen LogP contribution >= 0.6 is 0 Å². The van der Waals surface area contributed by atoms with Crippen LogP contribution in [0.15, 0.2) is 0 Å².